The van der Waals surface area contributed by atoms with E-state index in [1.54, 1.807) is 4.68 Å². The van der Waals surface area contributed by atoms with Crippen molar-refractivity contribution in [1.82, 2.24) is 30.6 Å². The summed E-state index contributed by atoms with van der Waals surface area (Å²) in [5.74, 6) is -2.18. The maximum Gasteiger partial charge on any atom is 0.329 e. The third-order valence-electron chi connectivity index (χ3n) is 14.4. The number of fused-ring (bicyclic) bond motifs is 2. The SMILES string of the molecule is COc1ccc(C(N)=O)c(-c2c(Cl)c(F)cc3c2[C@H](C)[C@@](CNC2CCC(C(=O)NCCCN4CCC(Oc5ccc6c(N7CCC(=O)NC7=O)nn(C)c6c5)CC4)CC2)(c2ccccc2)O3)c1F. The van der Waals surface area contributed by atoms with Crippen molar-refractivity contribution in [3.05, 3.63) is 100 Å². The maximum atomic E-state index is 16.2. The largest absolute Gasteiger partial charge is 0.494 e. The Kier molecular flexibility index (Phi) is 13.8. The molecule has 69 heavy (non-hydrogen) atoms. The minimum absolute atomic E-state index is 0.00968. The number of ether oxygens (including phenoxy) is 3. The monoisotopic (exact) mass is 966 g/mol. The summed E-state index contributed by atoms with van der Waals surface area (Å²) >= 11 is 6.68. The van der Waals surface area contributed by atoms with Crippen molar-refractivity contribution < 1.29 is 42.2 Å². The van der Waals surface area contributed by atoms with E-state index < -0.39 is 35.1 Å². The molecule has 0 spiro atoms. The highest BCUT2D eigenvalue weighted by molar-refractivity contribution is 6.34. The number of likely N-dealkylation sites (tertiary alicyclic amines) is 1. The molecule has 4 aromatic carbocycles. The van der Waals surface area contributed by atoms with Crippen LogP contribution in [0.1, 0.15) is 85.7 Å². The third-order valence-corrected chi connectivity index (χ3v) is 14.8. The first-order valence-electron chi connectivity index (χ1n) is 23.7. The molecule has 1 saturated carbocycles. The van der Waals surface area contributed by atoms with Gasteiger partial charge in [0.25, 0.3) is 0 Å². The molecular formula is C51H57ClF2N8O7. The second kappa shape index (κ2) is 20.0. The number of piperidine rings is 1. The van der Waals surface area contributed by atoms with Crippen LogP contribution in [0.5, 0.6) is 17.2 Å². The van der Waals surface area contributed by atoms with Gasteiger partial charge in [0, 0.05) is 98.3 Å². The fraction of sp³-hybridized carbons (Fsp3) is 0.431. The van der Waals surface area contributed by atoms with Crippen LogP contribution in [0.2, 0.25) is 5.02 Å². The van der Waals surface area contributed by atoms with E-state index in [1.807, 2.05) is 62.5 Å². The number of hydrogen-bond donors (Lipinski definition) is 4. The van der Waals surface area contributed by atoms with Crippen LogP contribution >= 0.6 is 11.6 Å². The molecule has 3 fully saturated rings. The Labute approximate surface area is 403 Å². The van der Waals surface area contributed by atoms with Crippen LogP contribution in [0.4, 0.5) is 19.4 Å². The Morgan fingerprint density at radius 1 is 0.986 bits per heavy atom. The van der Waals surface area contributed by atoms with E-state index in [2.05, 4.69) is 25.9 Å². The average molecular weight is 968 g/mol. The van der Waals surface area contributed by atoms with E-state index in [-0.39, 0.29) is 76.1 Å². The number of benzene rings is 4. The average Bonchev–Trinajstić information content (AvgIpc) is 3.82. The van der Waals surface area contributed by atoms with E-state index in [0.29, 0.717) is 37.3 Å². The summed E-state index contributed by atoms with van der Waals surface area (Å²) in [6, 6.07) is 18.8. The van der Waals surface area contributed by atoms with Crippen LogP contribution < -0.4 is 40.8 Å². The lowest BCUT2D eigenvalue weighted by Gasteiger charge is -2.37. The fourth-order valence-electron chi connectivity index (χ4n) is 10.6. The number of anilines is 1. The first kappa shape index (κ1) is 47.8. The molecule has 1 aromatic heterocycles. The zero-order valence-corrected chi connectivity index (χ0v) is 39.7. The zero-order chi connectivity index (χ0) is 48.6. The van der Waals surface area contributed by atoms with Crippen molar-refractivity contribution in [2.45, 2.75) is 82.0 Å². The summed E-state index contributed by atoms with van der Waals surface area (Å²) in [6.45, 7) is 5.76. The number of nitrogens with two attached hydrogens (primary N) is 1. The van der Waals surface area contributed by atoms with Gasteiger partial charge in [-0.25, -0.2) is 13.6 Å². The highest BCUT2D eigenvalue weighted by atomic mass is 35.5. The van der Waals surface area contributed by atoms with Crippen molar-refractivity contribution in [2.24, 2.45) is 18.7 Å². The Bertz CT molecular complexity index is 2780. The summed E-state index contributed by atoms with van der Waals surface area (Å²) in [5, 5.41) is 14.3. The second-order valence-corrected chi connectivity index (χ2v) is 18.9. The van der Waals surface area contributed by atoms with E-state index >= 15 is 8.78 Å². The van der Waals surface area contributed by atoms with Gasteiger partial charge >= 0.3 is 6.03 Å². The van der Waals surface area contributed by atoms with Gasteiger partial charge in [0.05, 0.1) is 23.2 Å². The maximum absolute atomic E-state index is 16.2. The van der Waals surface area contributed by atoms with Crippen LogP contribution in [0.3, 0.4) is 0 Å². The molecule has 0 bridgehead atoms. The number of imide groups is 1. The summed E-state index contributed by atoms with van der Waals surface area (Å²) in [5.41, 5.74) is 6.32. The van der Waals surface area contributed by atoms with Gasteiger partial charge in [0.2, 0.25) is 17.7 Å². The number of methoxy groups -OCH3 is 1. The lowest BCUT2D eigenvalue weighted by atomic mass is 9.77. The van der Waals surface area contributed by atoms with Crippen molar-refractivity contribution >= 4 is 52.1 Å². The molecule has 4 aliphatic rings. The minimum atomic E-state index is -1.07. The predicted octanol–water partition coefficient (Wildman–Crippen LogP) is 7.32. The Morgan fingerprint density at radius 3 is 2.45 bits per heavy atom. The number of primary amides is 1. The lowest BCUT2D eigenvalue weighted by molar-refractivity contribution is -0.126. The van der Waals surface area contributed by atoms with Crippen molar-refractivity contribution in [3.8, 4) is 28.4 Å². The summed E-state index contributed by atoms with van der Waals surface area (Å²) in [4.78, 5) is 54.1. The Morgan fingerprint density at radius 2 is 1.74 bits per heavy atom. The molecule has 18 heteroatoms. The van der Waals surface area contributed by atoms with Crippen LogP contribution in [0, 0.1) is 17.6 Å². The standard InChI is InChI=1S/C51H57ClF2N8O7/c1-29-42-40(27-37(53)45(52)44(42)43-36(47(55)64)16-17-39(67-3)46(43)54)69-51(29,31-8-5-4-6-9-31)28-57-32-12-10-30(11-13-32)49(65)56-21-7-22-61-23-18-33(19-24-61)68-34-14-15-35-38(26-34)60(2)59-48(35)62-25-20-41(63)58-50(62)66/h4-6,8-9,14-17,26-27,29-30,32-33,57H,7,10-13,18-25,28H2,1-3H3,(H2,55,64)(H,56,65)(H,58,63,66)/t29-,30?,32?,51-/m0/s1. The molecule has 9 rings (SSSR count). The van der Waals surface area contributed by atoms with E-state index in [1.165, 1.54) is 30.2 Å². The second-order valence-electron chi connectivity index (χ2n) is 18.5. The number of rotatable bonds is 15. The van der Waals surface area contributed by atoms with Crippen LogP contribution in [-0.4, -0.2) is 97.0 Å². The van der Waals surface area contributed by atoms with Gasteiger partial charge in [-0.2, -0.15) is 5.10 Å². The molecule has 2 atom stereocenters. The molecule has 364 valence electrons. The third kappa shape index (κ3) is 9.43. The molecule has 1 aliphatic carbocycles. The fourth-order valence-corrected chi connectivity index (χ4v) is 10.8. The molecule has 2 saturated heterocycles. The number of hydrogen-bond acceptors (Lipinski definition) is 10. The summed E-state index contributed by atoms with van der Waals surface area (Å²) in [7, 11) is 3.12. The molecular weight excluding hydrogens is 910 g/mol. The van der Waals surface area contributed by atoms with E-state index in [4.69, 9.17) is 31.5 Å². The number of carbonyl (C=O) groups excluding carboxylic acids is 4. The number of carbonyl (C=O) groups is 4. The summed E-state index contributed by atoms with van der Waals surface area (Å²) < 4.78 is 52.1. The molecule has 5 amide bonds. The number of urea groups is 1. The highest BCUT2D eigenvalue weighted by Crippen LogP contribution is 2.56. The van der Waals surface area contributed by atoms with Gasteiger partial charge in [-0.1, -0.05) is 48.9 Å². The lowest BCUT2D eigenvalue weighted by Crippen LogP contribution is -2.49. The Hall–Kier alpha value is -6.30. The van der Waals surface area contributed by atoms with Gasteiger partial charge in [-0.15, -0.1) is 0 Å². The summed E-state index contributed by atoms with van der Waals surface area (Å²) in [6.07, 6.45) is 5.84. The minimum Gasteiger partial charge on any atom is -0.494 e. The van der Waals surface area contributed by atoms with Gasteiger partial charge in [0.1, 0.15) is 23.4 Å². The van der Waals surface area contributed by atoms with Crippen LogP contribution in [0.25, 0.3) is 22.0 Å². The van der Waals surface area contributed by atoms with Gasteiger partial charge in [-0.3, -0.25) is 29.3 Å². The van der Waals surface area contributed by atoms with E-state index in [0.717, 1.165) is 74.0 Å². The molecule has 0 unspecified atom stereocenters. The molecule has 4 heterocycles. The first-order valence-corrected chi connectivity index (χ1v) is 24.0. The number of nitrogens with zero attached hydrogens (tertiary/aromatic N) is 4. The van der Waals surface area contributed by atoms with Gasteiger partial charge in [-0.05, 0) is 81.3 Å². The van der Waals surface area contributed by atoms with Crippen molar-refractivity contribution in [1.29, 1.82) is 0 Å². The topological polar surface area (TPSA) is 182 Å². The van der Waals surface area contributed by atoms with Gasteiger partial charge < -0.3 is 35.5 Å². The smallest absolute Gasteiger partial charge is 0.329 e. The number of amides is 5. The highest BCUT2D eigenvalue weighted by Gasteiger charge is 2.50. The normalized spacial score (nSPS) is 22.0. The Balaban J connectivity index is 0.754. The number of aromatic nitrogens is 2. The zero-order valence-electron chi connectivity index (χ0n) is 38.9. The van der Waals surface area contributed by atoms with Crippen molar-refractivity contribution in [2.75, 3.05) is 51.3 Å². The molecule has 3 aliphatic heterocycles. The quantitative estimate of drug-likeness (QED) is 0.0777. The molecule has 15 nitrogen and oxygen atoms in total. The molecule has 5 aromatic rings. The first-order chi connectivity index (χ1) is 33.3. The molecule has 0 radical (unpaired) electrons. The van der Waals surface area contributed by atoms with Crippen molar-refractivity contribution in [3.63, 3.8) is 0 Å². The van der Waals surface area contributed by atoms with Crippen LogP contribution in [-0.2, 0) is 22.2 Å². The number of halogens is 3. The molecule has 5 N–H and O–H groups in total. The van der Waals surface area contributed by atoms with Gasteiger partial charge in [0.15, 0.2) is 23.0 Å². The number of nitrogens with one attached hydrogen (secondary N) is 3. The van der Waals surface area contributed by atoms with E-state index in [9.17, 15) is 19.2 Å². The predicted molar refractivity (Wildman–Crippen MR) is 257 cm³/mol. The van der Waals surface area contributed by atoms with Crippen LogP contribution in [0.15, 0.2) is 66.7 Å². The number of aryl methyl sites for hydroxylation is 1.